The zero-order valence-corrected chi connectivity index (χ0v) is 10.3. The highest BCUT2D eigenvalue weighted by Crippen LogP contribution is 2.15. The molecule has 0 fully saturated rings. The molecule has 86 valence electrons. The first-order valence-electron chi connectivity index (χ1n) is 5.75. The van der Waals surface area contributed by atoms with Crippen molar-refractivity contribution < 1.29 is 0 Å². The number of hydrogen-bond donors (Lipinski definition) is 1. The van der Waals surface area contributed by atoms with Gasteiger partial charge in [-0.2, -0.15) is 5.10 Å². The molecule has 1 N–H and O–H groups in total. The fourth-order valence-corrected chi connectivity index (χ4v) is 2.06. The molecule has 3 heteroatoms. The maximum Gasteiger partial charge on any atom is 0.0627 e. The molecule has 0 aliphatic rings. The molecular weight excluding hydrogens is 186 g/mol. The maximum atomic E-state index is 4.43. The second-order valence-corrected chi connectivity index (χ2v) is 4.74. The van der Waals surface area contributed by atoms with Crippen molar-refractivity contribution in [1.29, 1.82) is 0 Å². The minimum absolute atomic E-state index is 0.699. The molecule has 1 rings (SSSR count). The standard InChI is InChI=1S/C12H23N3/c1-10(2)7-11(9-13-3)8-12-5-6-15(4)14-12/h5-6,10-11,13H,7-9H2,1-4H3. The molecule has 0 aliphatic carbocycles. The first kappa shape index (κ1) is 12.2. The first-order chi connectivity index (χ1) is 7.11. The quantitative estimate of drug-likeness (QED) is 0.775. The third kappa shape index (κ3) is 4.47. The van der Waals surface area contributed by atoms with Crippen molar-refractivity contribution >= 4 is 0 Å². The molecule has 0 aliphatic heterocycles. The lowest BCUT2D eigenvalue weighted by Crippen LogP contribution is -2.22. The Balaban J connectivity index is 2.50. The molecule has 0 spiro atoms. The Labute approximate surface area is 92.9 Å². The number of aromatic nitrogens is 2. The predicted molar refractivity (Wildman–Crippen MR) is 63.8 cm³/mol. The summed E-state index contributed by atoms with van der Waals surface area (Å²) in [6.07, 6.45) is 4.36. The van der Waals surface area contributed by atoms with Gasteiger partial charge >= 0.3 is 0 Å². The van der Waals surface area contributed by atoms with E-state index in [4.69, 9.17) is 0 Å². The average Bonchev–Trinajstić information content (AvgIpc) is 2.50. The Hall–Kier alpha value is -0.830. The van der Waals surface area contributed by atoms with E-state index in [1.807, 2.05) is 25.0 Å². The minimum Gasteiger partial charge on any atom is -0.319 e. The van der Waals surface area contributed by atoms with Crippen molar-refractivity contribution in [3.05, 3.63) is 18.0 Å². The van der Waals surface area contributed by atoms with Gasteiger partial charge in [-0.05, 0) is 44.3 Å². The number of rotatable bonds is 6. The van der Waals surface area contributed by atoms with Crippen LogP contribution in [-0.4, -0.2) is 23.4 Å². The van der Waals surface area contributed by atoms with Gasteiger partial charge in [-0.3, -0.25) is 4.68 Å². The first-order valence-corrected chi connectivity index (χ1v) is 5.75. The van der Waals surface area contributed by atoms with Gasteiger partial charge in [-0.25, -0.2) is 0 Å². The highest BCUT2D eigenvalue weighted by molar-refractivity contribution is 5.00. The van der Waals surface area contributed by atoms with Gasteiger partial charge in [0.05, 0.1) is 5.69 Å². The van der Waals surface area contributed by atoms with Gasteiger partial charge in [0, 0.05) is 13.2 Å². The van der Waals surface area contributed by atoms with Crippen molar-refractivity contribution in [2.24, 2.45) is 18.9 Å². The summed E-state index contributed by atoms with van der Waals surface area (Å²) in [5.41, 5.74) is 1.21. The molecule has 15 heavy (non-hydrogen) atoms. The van der Waals surface area contributed by atoms with Crippen LogP contribution in [0.5, 0.6) is 0 Å². The minimum atomic E-state index is 0.699. The lowest BCUT2D eigenvalue weighted by molar-refractivity contribution is 0.391. The zero-order chi connectivity index (χ0) is 11.3. The molecule has 1 aromatic heterocycles. The lowest BCUT2D eigenvalue weighted by Gasteiger charge is -2.17. The van der Waals surface area contributed by atoms with Gasteiger partial charge < -0.3 is 5.32 Å². The Morgan fingerprint density at radius 3 is 2.67 bits per heavy atom. The van der Waals surface area contributed by atoms with Crippen molar-refractivity contribution in [2.75, 3.05) is 13.6 Å². The molecule has 1 aromatic rings. The van der Waals surface area contributed by atoms with E-state index < -0.39 is 0 Å². The van der Waals surface area contributed by atoms with Crippen LogP contribution in [0.25, 0.3) is 0 Å². The highest BCUT2D eigenvalue weighted by Gasteiger charge is 2.12. The van der Waals surface area contributed by atoms with E-state index in [2.05, 4.69) is 30.3 Å². The molecule has 0 bridgehead atoms. The number of nitrogens with one attached hydrogen (secondary N) is 1. The Bertz CT molecular complexity index is 278. The van der Waals surface area contributed by atoms with Crippen molar-refractivity contribution in [3.8, 4) is 0 Å². The molecule has 0 aromatic carbocycles. The predicted octanol–water partition coefficient (Wildman–Crippen LogP) is 1.84. The summed E-state index contributed by atoms with van der Waals surface area (Å²) in [4.78, 5) is 0. The molecule has 1 atom stereocenters. The maximum absolute atomic E-state index is 4.43. The van der Waals surface area contributed by atoms with E-state index >= 15 is 0 Å². The third-order valence-corrected chi connectivity index (χ3v) is 2.56. The Morgan fingerprint density at radius 2 is 2.20 bits per heavy atom. The van der Waals surface area contributed by atoms with Crippen LogP contribution in [0.3, 0.4) is 0 Å². The summed E-state index contributed by atoms with van der Waals surface area (Å²) in [5.74, 6) is 1.46. The van der Waals surface area contributed by atoms with Crippen LogP contribution < -0.4 is 5.32 Å². The number of hydrogen-bond acceptors (Lipinski definition) is 2. The number of nitrogens with zero attached hydrogens (tertiary/aromatic N) is 2. The molecule has 0 amide bonds. The van der Waals surface area contributed by atoms with E-state index in [1.165, 1.54) is 12.1 Å². The summed E-state index contributed by atoms with van der Waals surface area (Å²) >= 11 is 0. The van der Waals surface area contributed by atoms with Crippen LogP contribution in [0.2, 0.25) is 0 Å². The van der Waals surface area contributed by atoms with E-state index in [0.717, 1.165) is 18.9 Å². The summed E-state index contributed by atoms with van der Waals surface area (Å²) < 4.78 is 1.88. The van der Waals surface area contributed by atoms with Crippen molar-refractivity contribution in [2.45, 2.75) is 26.7 Å². The molecule has 1 unspecified atom stereocenters. The van der Waals surface area contributed by atoms with Crippen molar-refractivity contribution in [1.82, 2.24) is 15.1 Å². The monoisotopic (exact) mass is 209 g/mol. The van der Waals surface area contributed by atoms with Gasteiger partial charge in [-0.1, -0.05) is 13.8 Å². The van der Waals surface area contributed by atoms with Crippen LogP contribution >= 0.6 is 0 Å². The van der Waals surface area contributed by atoms with Crippen LogP contribution in [0.15, 0.2) is 12.3 Å². The molecule has 3 nitrogen and oxygen atoms in total. The van der Waals surface area contributed by atoms with Crippen LogP contribution in [0.4, 0.5) is 0 Å². The van der Waals surface area contributed by atoms with E-state index in [-0.39, 0.29) is 0 Å². The van der Waals surface area contributed by atoms with E-state index in [9.17, 15) is 0 Å². The highest BCUT2D eigenvalue weighted by atomic mass is 15.2. The van der Waals surface area contributed by atoms with Crippen LogP contribution in [0.1, 0.15) is 26.0 Å². The number of aryl methyl sites for hydroxylation is 1. The summed E-state index contributed by atoms with van der Waals surface area (Å²) in [5, 5.41) is 7.69. The van der Waals surface area contributed by atoms with E-state index in [0.29, 0.717) is 5.92 Å². The largest absolute Gasteiger partial charge is 0.319 e. The Kier molecular flexibility index (Phi) is 4.82. The second-order valence-electron chi connectivity index (χ2n) is 4.74. The SMILES string of the molecule is CNCC(Cc1ccn(C)n1)CC(C)C. The molecule has 1 heterocycles. The summed E-state index contributed by atoms with van der Waals surface area (Å²) in [6.45, 7) is 5.64. The fraction of sp³-hybridized carbons (Fsp3) is 0.750. The van der Waals surface area contributed by atoms with Crippen molar-refractivity contribution in [3.63, 3.8) is 0 Å². The van der Waals surface area contributed by atoms with Gasteiger partial charge in [0.1, 0.15) is 0 Å². The lowest BCUT2D eigenvalue weighted by atomic mass is 9.93. The van der Waals surface area contributed by atoms with E-state index in [1.54, 1.807) is 0 Å². The topological polar surface area (TPSA) is 29.9 Å². The molecule has 0 saturated carbocycles. The third-order valence-electron chi connectivity index (χ3n) is 2.56. The van der Waals surface area contributed by atoms with Gasteiger partial charge in [0.15, 0.2) is 0 Å². The van der Waals surface area contributed by atoms with Crippen LogP contribution in [0, 0.1) is 11.8 Å². The van der Waals surface area contributed by atoms with Gasteiger partial charge in [0.2, 0.25) is 0 Å². The van der Waals surface area contributed by atoms with Gasteiger partial charge in [0.25, 0.3) is 0 Å². The summed E-state index contributed by atoms with van der Waals surface area (Å²) in [7, 11) is 3.99. The zero-order valence-electron chi connectivity index (χ0n) is 10.3. The molecular formula is C12H23N3. The molecule has 0 saturated heterocycles. The summed E-state index contributed by atoms with van der Waals surface area (Å²) in [6, 6.07) is 2.11. The average molecular weight is 209 g/mol. The van der Waals surface area contributed by atoms with Gasteiger partial charge in [-0.15, -0.1) is 0 Å². The molecule has 0 radical (unpaired) electrons. The Morgan fingerprint density at radius 1 is 1.47 bits per heavy atom. The smallest absolute Gasteiger partial charge is 0.0627 e. The fourth-order valence-electron chi connectivity index (χ4n) is 2.06. The second kappa shape index (κ2) is 5.91. The normalized spacial score (nSPS) is 13.4. The van der Waals surface area contributed by atoms with Crippen LogP contribution in [-0.2, 0) is 13.5 Å².